The van der Waals surface area contributed by atoms with Crippen LogP contribution in [0.3, 0.4) is 0 Å². The molecule has 0 saturated heterocycles. The van der Waals surface area contributed by atoms with Crippen LogP contribution in [0, 0.1) is 5.92 Å². The third-order valence-electron chi connectivity index (χ3n) is 3.16. The Morgan fingerprint density at radius 1 is 1.29 bits per heavy atom. The van der Waals surface area contributed by atoms with Gasteiger partial charge in [0, 0.05) is 11.1 Å². The molecule has 0 aliphatic heterocycles. The molecule has 84 valence electrons. The van der Waals surface area contributed by atoms with Crippen molar-refractivity contribution in [2.75, 3.05) is 4.95 Å². The van der Waals surface area contributed by atoms with Gasteiger partial charge in [0.05, 0.1) is 0 Å². The molecule has 1 saturated carbocycles. The Morgan fingerprint density at radius 3 is 2.50 bits per heavy atom. The Labute approximate surface area is 97.9 Å². The molecular formula is C11H23BrOSi. The molecule has 0 N–H and O–H groups in total. The van der Waals surface area contributed by atoms with Gasteiger partial charge >= 0.3 is 0 Å². The molecule has 0 radical (unpaired) electrons. The van der Waals surface area contributed by atoms with E-state index in [0.717, 1.165) is 10.9 Å². The Kier molecular flexibility index (Phi) is 5.15. The molecule has 1 rings (SSSR count). The van der Waals surface area contributed by atoms with E-state index in [9.17, 15) is 0 Å². The van der Waals surface area contributed by atoms with E-state index >= 15 is 0 Å². The molecule has 14 heavy (non-hydrogen) atoms. The summed E-state index contributed by atoms with van der Waals surface area (Å²) in [4.78, 5) is 1.06. The predicted octanol–water partition coefficient (Wildman–Crippen LogP) is 4.11. The highest BCUT2D eigenvalue weighted by Gasteiger charge is 2.31. The SMILES string of the molecule is CCC1CCCCC1O[Si](C)(C)CBr. The normalized spacial score (nSPS) is 29.1. The smallest absolute Gasteiger partial charge is 0.197 e. The van der Waals surface area contributed by atoms with Gasteiger partial charge in [0.25, 0.3) is 0 Å². The summed E-state index contributed by atoms with van der Waals surface area (Å²) < 4.78 is 6.32. The van der Waals surface area contributed by atoms with E-state index in [1.165, 1.54) is 32.1 Å². The topological polar surface area (TPSA) is 9.23 Å². The molecule has 3 heteroatoms. The Bertz CT molecular complexity index is 173. The van der Waals surface area contributed by atoms with Crippen LogP contribution in [0.1, 0.15) is 39.0 Å². The molecule has 0 aromatic carbocycles. The summed E-state index contributed by atoms with van der Waals surface area (Å²) in [5.41, 5.74) is 0. The van der Waals surface area contributed by atoms with Gasteiger partial charge in [0.1, 0.15) is 0 Å². The van der Waals surface area contributed by atoms with Crippen molar-refractivity contribution in [3.63, 3.8) is 0 Å². The lowest BCUT2D eigenvalue weighted by Crippen LogP contribution is -2.41. The monoisotopic (exact) mass is 278 g/mol. The van der Waals surface area contributed by atoms with Gasteiger partial charge in [-0.1, -0.05) is 42.1 Å². The van der Waals surface area contributed by atoms with Crippen LogP contribution < -0.4 is 0 Å². The molecule has 1 aliphatic rings. The zero-order chi connectivity index (χ0) is 10.6. The molecule has 0 heterocycles. The maximum absolute atomic E-state index is 6.32. The lowest BCUT2D eigenvalue weighted by atomic mass is 9.85. The third kappa shape index (κ3) is 3.67. The molecule has 2 atom stereocenters. The summed E-state index contributed by atoms with van der Waals surface area (Å²) in [6.07, 6.45) is 7.31. The third-order valence-corrected chi connectivity index (χ3v) is 8.79. The summed E-state index contributed by atoms with van der Waals surface area (Å²) in [5.74, 6) is 0.828. The van der Waals surface area contributed by atoms with Crippen molar-refractivity contribution in [1.82, 2.24) is 0 Å². The van der Waals surface area contributed by atoms with Crippen LogP contribution in [-0.2, 0) is 4.43 Å². The quantitative estimate of drug-likeness (QED) is 0.556. The summed E-state index contributed by atoms with van der Waals surface area (Å²) in [5, 5.41) is 0. The lowest BCUT2D eigenvalue weighted by molar-refractivity contribution is 0.0838. The lowest BCUT2D eigenvalue weighted by Gasteiger charge is -2.36. The van der Waals surface area contributed by atoms with E-state index < -0.39 is 8.32 Å². The first kappa shape index (κ1) is 12.7. The Morgan fingerprint density at radius 2 is 1.93 bits per heavy atom. The van der Waals surface area contributed by atoms with Crippen LogP contribution in [0.2, 0.25) is 13.1 Å². The highest BCUT2D eigenvalue weighted by atomic mass is 79.9. The van der Waals surface area contributed by atoms with Gasteiger partial charge < -0.3 is 4.43 Å². The fraction of sp³-hybridized carbons (Fsp3) is 1.00. The molecule has 0 bridgehead atoms. The number of alkyl halides is 1. The number of halogens is 1. The van der Waals surface area contributed by atoms with Crippen molar-refractivity contribution < 1.29 is 4.43 Å². The number of hydrogen-bond donors (Lipinski definition) is 0. The van der Waals surface area contributed by atoms with E-state index in [1.807, 2.05) is 0 Å². The zero-order valence-corrected chi connectivity index (χ0v) is 12.3. The van der Waals surface area contributed by atoms with Crippen LogP contribution >= 0.6 is 15.9 Å². The fourth-order valence-corrected chi connectivity index (χ4v) is 3.83. The second-order valence-corrected chi connectivity index (χ2v) is 10.7. The van der Waals surface area contributed by atoms with Crippen LogP contribution in [0.15, 0.2) is 0 Å². The first-order chi connectivity index (χ1) is 6.59. The van der Waals surface area contributed by atoms with Gasteiger partial charge in [-0.15, -0.1) is 0 Å². The Balaban J connectivity index is 2.48. The van der Waals surface area contributed by atoms with Gasteiger partial charge in [0.15, 0.2) is 8.32 Å². The van der Waals surface area contributed by atoms with Crippen LogP contribution in [0.5, 0.6) is 0 Å². The molecule has 1 fully saturated rings. The van der Waals surface area contributed by atoms with E-state index in [0.29, 0.717) is 6.10 Å². The van der Waals surface area contributed by atoms with Crippen LogP contribution in [0.4, 0.5) is 0 Å². The maximum Gasteiger partial charge on any atom is 0.197 e. The molecule has 2 unspecified atom stereocenters. The van der Waals surface area contributed by atoms with Crippen molar-refractivity contribution in [2.24, 2.45) is 5.92 Å². The summed E-state index contributed by atoms with van der Waals surface area (Å²) >= 11 is 3.58. The van der Waals surface area contributed by atoms with E-state index in [4.69, 9.17) is 4.43 Å². The summed E-state index contributed by atoms with van der Waals surface area (Å²) in [6, 6.07) is 0. The second-order valence-electron chi connectivity index (χ2n) is 5.00. The second kappa shape index (κ2) is 5.66. The average molecular weight is 279 g/mol. The van der Waals surface area contributed by atoms with Crippen molar-refractivity contribution in [1.29, 1.82) is 0 Å². The van der Waals surface area contributed by atoms with Gasteiger partial charge in [0.2, 0.25) is 0 Å². The standard InChI is InChI=1S/C11H23BrOSi/c1-4-10-7-5-6-8-11(10)13-14(2,3)9-12/h10-11H,4-9H2,1-3H3. The van der Waals surface area contributed by atoms with Gasteiger partial charge in [-0.25, -0.2) is 0 Å². The first-order valence-corrected chi connectivity index (χ1v) is 10.1. The summed E-state index contributed by atoms with van der Waals surface area (Å²) in [6.45, 7) is 6.92. The van der Waals surface area contributed by atoms with Crippen molar-refractivity contribution >= 4 is 24.2 Å². The maximum atomic E-state index is 6.32. The van der Waals surface area contributed by atoms with Gasteiger partial charge in [-0.05, 0) is 31.9 Å². The van der Waals surface area contributed by atoms with Crippen LogP contribution in [-0.4, -0.2) is 19.4 Å². The molecule has 0 aromatic heterocycles. The highest BCUT2D eigenvalue weighted by molar-refractivity contribution is 9.09. The predicted molar refractivity (Wildman–Crippen MR) is 68.4 cm³/mol. The number of rotatable bonds is 4. The van der Waals surface area contributed by atoms with Crippen LogP contribution in [0.25, 0.3) is 0 Å². The summed E-state index contributed by atoms with van der Waals surface area (Å²) in [7, 11) is -1.41. The molecule has 0 aromatic rings. The largest absolute Gasteiger partial charge is 0.413 e. The van der Waals surface area contributed by atoms with Crippen molar-refractivity contribution in [3.05, 3.63) is 0 Å². The molecule has 1 aliphatic carbocycles. The minimum absolute atomic E-state index is 0.563. The van der Waals surface area contributed by atoms with Crippen molar-refractivity contribution in [2.45, 2.75) is 58.2 Å². The highest BCUT2D eigenvalue weighted by Crippen LogP contribution is 2.31. The van der Waals surface area contributed by atoms with Crippen molar-refractivity contribution in [3.8, 4) is 0 Å². The van der Waals surface area contributed by atoms with E-state index in [-0.39, 0.29) is 0 Å². The average Bonchev–Trinajstić information content (AvgIpc) is 2.18. The van der Waals surface area contributed by atoms with E-state index in [1.54, 1.807) is 0 Å². The minimum atomic E-state index is -1.41. The number of hydrogen-bond acceptors (Lipinski definition) is 1. The molecule has 1 nitrogen and oxygen atoms in total. The van der Waals surface area contributed by atoms with E-state index in [2.05, 4.69) is 35.9 Å². The molecule has 0 spiro atoms. The first-order valence-electron chi connectivity index (χ1n) is 5.83. The van der Waals surface area contributed by atoms with Gasteiger partial charge in [-0.3, -0.25) is 0 Å². The minimum Gasteiger partial charge on any atom is -0.413 e. The zero-order valence-electron chi connectivity index (χ0n) is 9.68. The molecule has 0 amide bonds. The molecular weight excluding hydrogens is 256 g/mol. The van der Waals surface area contributed by atoms with Gasteiger partial charge in [-0.2, -0.15) is 0 Å². The Hall–Kier alpha value is 0.657. The fourth-order valence-electron chi connectivity index (χ4n) is 2.24.